The normalized spacial score (nSPS) is 36.8. The Kier molecular flexibility index (Phi) is 38.6. The van der Waals surface area contributed by atoms with E-state index in [0.717, 1.165) is 96.9 Å². The van der Waals surface area contributed by atoms with Gasteiger partial charge in [0.15, 0.2) is 38.0 Å². The fourth-order valence-electron chi connectivity index (χ4n) is 24.4. The van der Waals surface area contributed by atoms with Gasteiger partial charge in [0.1, 0.15) is 91.6 Å². The highest BCUT2D eigenvalue weighted by molar-refractivity contribution is 9.12. The Bertz CT molecular complexity index is 4980. The highest BCUT2D eigenvalue weighted by atomic mass is 79.9. The summed E-state index contributed by atoms with van der Waals surface area (Å²) in [6.45, 7) is 56.6. The van der Waals surface area contributed by atoms with Crippen LogP contribution in [0, 0.1) is 47.3 Å². The van der Waals surface area contributed by atoms with Gasteiger partial charge in [-0.15, -0.1) is 0 Å². The first kappa shape index (κ1) is 114. The van der Waals surface area contributed by atoms with Crippen LogP contribution in [0.4, 0.5) is 0 Å². The minimum absolute atomic E-state index is 0.00602. The number of hydrogen-bond acceptors (Lipinski definition) is 25. The molecule has 16 aliphatic rings. The van der Waals surface area contributed by atoms with E-state index >= 15 is 0 Å². The molecule has 25 nitrogen and oxygen atoms in total. The first-order valence-electron chi connectivity index (χ1n) is 54.5. The van der Waals surface area contributed by atoms with Gasteiger partial charge >= 0.3 is 11.9 Å². The number of halogens is 2. The zero-order chi connectivity index (χ0) is 104. The number of fused-ring (bicyclic) bond motifs is 2. The highest BCUT2D eigenvalue weighted by Gasteiger charge is 2.71. The molecule has 3 aromatic carbocycles. The number of ketones is 1. The molecule has 16 aliphatic heterocycles. The standard InChI is InChI=1S/C54H79BrO12Si.C34H58O5SSi.C27H31BrO8/c1-31(30-59-68(9,10)53(6,7)8)23-43-35(5)41(45(63-43)28-44-34(4)32(2)24-38(60-44)17-14-22-56)27-37(57)26-39-18-19-42-47(61-39)51-50-49(64-42)48-46(65-50)29-54(66-48,67-51)21-20-40(25-33(3)55)62-52(58)36-15-12-11-13-16-36;1-11-12-16-28-20-25(3)26(4)32(38-28)21-33-30(23-40(35,36)29-17-14-13-15-18-29)27(5)31(39-33)19-24(2)22-37-41(9,10)34(6,7)8;1-15(28)13-18(32-26(30)16-5-3-2-4-6-16)9-11-27-14-20-22(35-27)23-24(34-20)25(36-27)21-19(33-23)8-7-17(31-21)10-12-29/h11-13,15-16,22,31-32,35,38-51H,3-4,14,17-21,23-30H2,1-2,5-10H3;13-15,17-18,24-25,27-28,30-33H,4,11-12,16,19-23H2,1-3,5-10H3;2-6,12,17-25H,1,7-11,13-14H2/t31-,32+,35+,38-,39+,40-,41?,42-,43+,44+,45?,46+,47-,48-,49-,50+,51-,54-;24-,25+,27+,28-,30+,31+,32+,33?;17-,18+,19+,20-,21+,22+,23+,24-,25+,27+/m001/s1. The Balaban J connectivity index is 0.000000175. The molecule has 0 aliphatic carbocycles. The van der Waals surface area contributed by atoms with Crippen molar-refractivity contribution in [3.05, 3.63) is 149 Å². The van der Waals surface area contributed by atoms with Crippen molar-refractivity contribution in [3.8, 4) is 0 Å². The second-order valence-corrected chi connectivity index (χ2v) is 61.9. The lowest BCUT2D eigenvalue weighted by Crippen LogP contribution is -2.61. The molecule has 36 atom stereocenters. The van der Waals surface area contributed by atoms with Crippen molar-refractivity contribution in [2.75, 3.05) is 19.0 Å². The van der Waals surface area contributed by atoms with E-state index in [2.05, 4.69) is 174 Å². The van der Waals surface area contributed by atoms with E-state index in [9.17, 15) is 32.4 Å². The average Bonchev–Trinajstić information content (AvgIpc) is 1.55. The van der Waals surface area contributed by atoms with Gasteiger partial charge in [0.2, 0.25) is 0 Å². The monoisotopic (exact) mass is 2190 g/mol. The number of rotatable bonds is 43. The van der Waals surface area contributed by atoms with E-state index in [0.29, 0.717) is 137 Å². The maximum Gasteiger partial charge on any atom is 0.338 e. The van der Waals surface area contributed by atoms with Crippen LogP contribution in [-0.2, 0) is 109 Å². The molecule has 16 fully saturated rings. The number of aldehydes is 2. The fourth-order valence-corrected chi connectivity index (χ4v) is 29.1. The molecule has 145 heavy (non-hydrogen) atoms. The van der Waals surface area contributed by atoms with Gasteiger partial charge in [-0.3, -0.25) is 4.79 Å². The molecule has 3 unspecified atom stereocenters. The predicted octanol–water partition coefficient (Wildman–Crippen LogP) is 22.7. The van der Waals surface area contributed by atoms with Crippen LogP contribution >= 0.6 is 31.9 Å². The number of Topliss-reactive ketones (excluding diaryl/α,β-unsaturated/α-hetero) is 1. The number of carbonyl (C=O) groups is 5. The van der Waals surface area contributed by atoms with Crippen molar-refractivity contribution in [2.24, 2.45) is 47.3 Å². The largest absolute Gasteiger partial charge is 0.458 e. The van der Waals surface area contributed by atoms with Crippen LogP contribution in [0.25, 0.3) is 0 Å². The number of sulfone groups is 1. The molecule has 0 radical (unpaired) electrons. The van der Waals surface area contributed by atoms with Gasteiger partial charge in [-0.2, -0.15) is 0 Å². The minimum atomic E-state index is -3.46. The van der Waals surface area contributed by atoms with Crippen LogP contribution in [0.5, 0.6) is 0 Å². The quantitative estimate of drug-likeness (QED) is 0.0220. The summed E-state index contributed by atoms with van der Waals surface area (Å²) in [6, 6.07) is 26.8. The van der Waals surface area contributed by atoms with E-state index in [1.54, 1.807) is 48.5 Å². The summed E-state index contributed by atoms with van der Waals surface area (Å²) >= 11 is 6.91. The summed E-state index contributed by atoms with van der Waals surface area (Å²) in [6.07, 6.45) is 14.1. The first-order chi connectivity index (χ1) is 68.7. The Hall–Kier alpha value is -4.73. The SMILES string of the molecule is C=C(Br)C[C@H](CC[C@@]12C[C@H]3O[C@H]4[C@@H](O1)[C@H]1O[C@@H](CC(=O)CC5C(C[C@H]6O[C@@H](CCC=O)C[C@@H](C)C6=C)O[C@H](C[C@H](C)CO[Si](C)(C)C(C)(C)C)[C@@H]5C)CC[C@@H]1O[C@H]4[C@H]3O2)OC(=O)c1ccccc1.C=C(Br)C[C@H](CC[C@@]12C[C@H]3O[C@H]4[C@@H](O1)[C@H]1O[C@@H](CC=O)CC[C@@H]1O[C@H]4[C@H]3O2)OC(=O)c1ccccc1.C=C1[C@H](C)C[C@H](CCCC)O[C@@H]1CC1O[C@H](C[C@H](C)CO[Si](C)(C)C(C)(C)C)[C@H](C)[C@H]1CS(=O)(=O)c1ccccc1. The third-order valence-corrected chi connectivity index (χ3v) is 46.4. The molecular weight excluding hydrogens is 2030 g/mol. The van der Waals surface area contributed by atoms with Crippen LogP contribution < -0.4 is 0 Å². The molecule has 30 heteroatoms. The smallest absolute Gasteiger partial charge is 0.338 e. The minimum Gasteiger partial charge on any atom is -0.458 e. The van der Waals surface area contributed by atoms with Gasteiger partial charge in [-0.25, -0.2) is 18.0 Å². The van der Waals surface area contributed by atoms with E-state index in [4.69, 9.17) is 84.6 Å². The topological polar surface area (TPSA) is 286 Å². The maximum atomic E-state index is 14.4. The van der Waals surface area contributed by atoms with E-state index < -0.39 is 62.5 Å². The lowest BCUT2D eigenvalue weighted by Gasteiger charge is -2.47. The van der Waals surface area contributed by atoms with Gasteiger partial charge in [-0.05, 0) is 211 Å². The van der Waals surface area contributed by atoms with Crippen LogP contribution in [0.1, 0.15) is 278 Å². The summed E-state index contributed by atoms with van der Waals surface area (Å²) in [5, 5.41) is 0.294. The predicted molar refractivity (Wildman–Crippen MR) is 567 cm³/mol. The van der Waals surface area contributed by atoms with Crippen molar-refractivity contribution < 1.29 is 117 Å². The van der Waals surface area contributed by atoms with E-state index in [-0.39, 0.29) is 210 Å². The number of carbonyl (C=O) groups excluding carboxylic acids is 5. The second-order valence-electron chi connectivity index (χ2n) is 48.0. The van der Waals surface area contributed by atoms with Crippen molar-refractivity contribution in [2.45, 2.75) is 468 Å². The van der Waals surface area contributed by atoms with Gasteiger partial charge in [0, 0.05) is 96.2 Å². The molecule has 3 aromatic rings. The maximum absolute atomic E-state index is 14.4. The van der Waals surface area contributed by atoms with Crippen LogP contribution in [0.3, 0.4) is 0 Å². The van der Waals surface area contributed by atoms with Crippen molar-refractivity contribution >= 4 is 88.6 Å². The number of unbranched alkanes of at least 4 members (excludes halogenated alkanes) is 1. The third kappa shape index (κ3) is 27.8. The molecule has 806 valence electrons. The summed E-state index contributed by atoms with van der Waals surface area (Å²) in [7, 11) is -7.22. The Labute approximate surface area is 882 Å². The van der Waals surface area contributed by atoms with Crippen molar-refractivity contribution in [3.63, 3.8) is 0 Å². The number of benzene rings is 3. The van der Waals surface area contributed by atoms with E-state index in [1.165, 1.54) is 0 Å². The van der Waals surface area contributed by atoms with Crippen LogP contribution in [0.2, 0.25) is 36.3 Å². The summed E-state index contributed by atoms with van der Waals surface area (Å²) in [5.41, 5.74) is 3.19. The summed E-state index contributed by atoms with van der Waals surface area (Å²) < 4.78 is 147. The van der Waals surface area contributed by atoms with Crippen molar-refractivity contribution in [1.29, 1.82) is 0 Å². The van der Waals surface area contributed by atoms with Crippen molar-refractivity contribution in [1.82, 2.24) is 0 Å². The van der Waals surface area contributed by atoms with Crippen LogP contribution in [-0.4, -0.2) is 245 Å². The zero-order valence-electron chi connectivity index (χ0n) is 89.1. The molecule has 0 spiro atoms. The van der Waals surface area contributed by atoms with Gasteiger partial charge in [0.25, 0.3) is 0 Å². The number of esters is 2. The molecule has 0 N–H and O–H groups in total. The Morgan fingerprint density at radius 3 is 1.35 bits per heavy atom. The number of ether oxygens (including phenoxy) is 16. The van der Waals surface area contributed by atoms with E-state index in [1.807, 2.05) is 42.5 Å². The molecular formula is C115H168Br2O25SSi2. The molecule has 0 aromatic heterocycles. The second kappa shape index (κ2) is 48.9. The summed E-state index contributed by atoms with van der Waals surface area (Å²) in [5.74, 6) is -0.928. The van der Waals surface area contributed by atoms with Gasteiger partial charge in [-0.1, -0.05) is 216 Å². The Morgan fingerprint density at radius 1 is 0.497 bits per heavy atom. The average molecular weight is 2200 g/mol. The highest BCUT2D eigenvalue weighted by Crippen LogP contribution is 2.58. The van der Waals surface area contributed by atoms with Crippen LogP contribution in [0.15, 0.2) is 142 Å². The third-order valence-electron chi connectivity index (χ3n) is 34.9. The lowest BCUT2D eigenvalue weighted by atomic mass is 9.78. The summed E-state index contributed by atoms with van der Waals surface area (Å²) in [4.78, 5) is 63.1. The lowest BCUT2D eigenvalue weighted by molar-refractivity contribution is -0.292. The molecule has 0 amide bonds. The Morgan fingerprint density at radius 2 is 0.910 bits per heavy atom. The molecule has 12 bridgehead atoms. The zero-order valence-corrected chi connectivity index (χ0v) is 95.1. The fraction of sp³-hybridized carbons (Fsp3) is 0.730. The molecule has 16 saturated heterocycles. The molecule has 16 heterocycles. The van der Waals surface area contributed by atoms with Gasteiger partial charge < -0.3 is 94.2 Å². The number of hydrogen-bond donors (Lipinski definition) is 0. The van der Waals surface area contributed by atoms with Gasteiger partial charge in [0.05, 0.1) is 107 Å². The molecule has 0 saturated carbocycles. The molecule has 19 rings (SSSR count). The first-order valence-corrected chi connectivity index (χ1v) is 63.5.